The second-order valence-corrected chi connectivity index (χ2v) is 5.58. The highest BCUT2D eigenvalue weighted by molar-refractivity contribution is 5.92. The lowest BCUT2D eigenvalue weighted by molar-refractivity contribution is 0.0298. The normalized spacial score (nSPS) is 16.3. The third-order valence-electron chi connectivity index (χ3n) is 2.69. The molecule has 1 fully saturated rings. The average molecular weight is 264 g/mol. The molecule has 6 nitrogen and oxygen atoms in total. The number of morpholine rings is 1. The molecule has 19 heavy (non-hydrogen) atoms. The van der Waals surface area contributed by atoms with E-state index in [2.05, 4.69) is 15.5 Å². The predicted octanol–water partition coefficient (Wildman–Crippen LogP) is 1.16. The van der Waals surface area contributed by atoms with Gasteiger partial charge >= 0.3 is 0 Å². The number of aromatic nitrogens is 2. The highest BCUT2D eigenvalue weighted by Gasteiger charge is 2.20. The van der Waals surface area contributed by atoms with Crippen LogP contribution in [0.4, 0.5) is 5.82 Å². The number of ether oxygens (including phenoxy) is 1. The summed E-state index contributed by atoms with van der Waals surface area (Å²) in [5.74, 6) is 0.587. The van der Waals surface area contributed by atoms with Crippen LogP contribution in [0.15, 0.2) is 12.1 Å². The van der Waals surface area contributed by atoms with E-state index in [0.29, 0.717) is 37.8 Å². The van der Waals surface area contributed by atoms with Gasteiger partial charge in [-0.25, -0.2) is 0 Å². The second kappa shape index (κ2) is 5.52. The Kier molecular flexibility index (Phi) is 3.99. The third-order valence-corrected chi connectivity index (χ3v) is 2.69. The van der Waals surface area contributed by atoms with Crippen LogP contribution in [0.25, 0.3) is 0 Å². The van der Waals surface area contributed by atoms with Crippen molar-refractivity contribution in [2.24, 2.45) is 0 Å². The van der Waals surface area contributed by atoms with Gasteiger partial charge in [0.05, 0.1) is 13.2 Å². The zero-order valence-corrected chi connectivity index (χ0v) is 11.6. The van der Waals surface area contributed by atoms with Crippen molar-refractivity contribution in [1.82, 2.24) is 15.1 Å². The summed E-state index contributed by atoms with van der Waals surface area (Å²) in [5.41, 5.74) is 0.297. The van der Waals surface area contributed by atoms with E-state index in [-0.39, 0.29) is 11.4 Å². The van der Waals surface area contributed by atoms with Crippen molar-refractivity contribution in [1.29, 1.82) is 0 Å². The molecule has 1 aromatic heterocycles. The molecule has 0 radical (unpaired) electrons. The molecule has 0 atom stereocenters. The average Bonchev–Trinajstić information content (AvgIpc) is 2.38. The van der Waals surface area contributed by atoms with E-state index in [9.17, 15) is 4.79 Å². The molecule has 1 saturated heterocycles. The van der Waals surface area contributed by atoms with Gasteiger partial charge in [-0.1, -0.05) is 0 Å². The molecular formula is C13H20N4O2. The van der Waals surface area contributed by atoms with Crippen LogP contribution in [-0.4, -0.2) is 52.8 Å². The first kappa shape index (κ1) is 13.7. The van der Waals surface area contributed by atoms with Crippen LogP contribution in [0.5, 0.6) is 0 Å². The van der Waals surface area contributed by atoms with Crippen molar-refractivity contribution >= 4 is 11.7 Å². The van der Waals surface area contributed by atoms with Gasteiger partial charge < -0.3 is 15.0 Å². The molecule has 104 valence electrons. The van der Waals surface area contributed by atoms with Crippen molar-refractivity contribution in [3.8, 4) is 0 Å². The maximum Gasteiger partial charge on any atom is 0.274 e. The molecule has 6 heteroatoms. The Balaban J connectivity index is 2.03. The summed E-state index contributed by atoms with van der Waals surface area (Å²) in [7, 11) is 0. The van der Waals surface area contributed by atoms with Crippen molar-refractivity contribution in [3.63, 3.8) is 0 Å². The number of hydrogen-bond acceptors (Lipinski definition) is 5. The summed E-state index contributed by atoms with van der Waals surface area (Å²) >= 11 is 0. The van der Waals surface area contributed by atoms with E-state index in [1.807, 2.05) is 20.8 Å². The summed E-state index contributed by atoms with van der Waals surface area (Å²) in [5, 5.41) is 11.2. The molecule has 1 N–H and O–H groups in total. The number of rotatable bonds is 2. The number of nitrogens with zero attached hydrogens (tertiary/aromatic N) is 3. The van der Waals surface area contributed by atoms with Crippen LogP contribution in [0.2, 0.25) is 0 Å². The topological polar surface area (TPSA) is 67.4 Å². The molecular weight excluding hydrogens is 244 g/mol. The molecule has 0 spiro atoms. The van der Waals surface area contributed by atoms with Gasteiger partial charge in [-0.2, -0.15) is 0 Å². The Bertz CT molecular complexity index is 433. The lowest BCUT2D eigenvalue weighted by Crippen LogP contribution is -2.41. The summed E-state index contributed by atoms with van der Waals surface area (Å²) in [6.45, 7) is 8.53. The van der Waals surface area contributed by atoms with Crippen molar-refractivity contribution in [2.45, 2.75) is 26.3 Å². The monoisotopic (exact) mass is 264 g/mol. The highest BCUT2D eigenvalue weighted by atomic mass is 16.5. The smallest absolute Gasteiger partial charge is 0.274 e. The molecule has 1 aromatic rings. The molecule has 0 bridgehead atoms. The quantitative estimate of drug-likeness (QED) is 0.868. The van der Waals surface area contributed by atoms with E-state index < -0.39 is 0 Å². The van der Waals surface area contributed by atoms with Crippen LogP contribution in [0.1, 0.15) is 31.3 Å². The Morgan fingerprint density at radius 2 is 1.95 bits per heavy atom. The van der Waals surface area contributed by atoms with Crippen LogP contribution in [0.3, 0.4) is 0 Å². The molecule has 0 saturated carbocycles. The lowest BCUT2D eigenvalue weighted by atomic mass is 10.1. The molecule has 1 aliphatic rings. The number of carbonyl (C=O) groups excluding carboxylic acids is 1. The van der Waals surface area contributed by atoms with Gasteiger partial charge in [-0.05, 0) is 32.9 Å². The minimum atomic E-state index is -0.0851. The standard InChI is InChI=1S/C13H20N4O2/c1-13(2,3)14-11-5-4-10(15-16-11)12(18)17-6-8-19-9-7-17/h4-5H,6-9H2,1-3H3,(H,14,16). The summed E-state index contributed by atoms with van der Waals surface area (Å²) < 4.78 is 5.22. The first-order valence-corrected chi connectivity index (χ1v) is 6.45. The van der Waals surface area contributed by atoms with Crippen LogP contribution >= 0.6 is 0 Å². The van der Waals surface area contributed by atoms with Gasteiger partial charge in [-0.15, -0.1) is 10.2 Å². The molecule has 0 aliphatic carbocycles. The van der Waals surface area contributed by atoms with E-state index in [0.717, 1.165) is 0 Å². The SMILES string of the molecule is CC(C)(C)Nc1ccc(C(=O)N2CCOCC2)nn1. The molecule has 0 aromatic carbocycles. The molecule has 2 rings (SSSR count). The number of carbonyl (C=O) groups is 1. The second-order valence-electron chi connectivity index (χ2n) is 5.58. The van der Waals surface area contributed by atoms with Crippen molar-refractivity contribution in [3.05, 3.63) is 17.8 Å². The fourth-order valence-corrected chi connectivity index (χ4v) is 1.83. The van der Waals surface area contributed by atoms with Crippen LogP contribution < -0.4 is 5.32 Å². The number of anilines is 1. The van der Waals surface area contributed by atoms with Crippen molar-refractivity contribution < 1.29 is 9.53 Å². The fraction of sp³-hybridized carbons (Fsp3) is 0.615. The van der Waals surface area contributed by atoms with Gasteiger partial charge in [0.1, 0.15) is 5.82 Å². The molecule has 1 aliphatic heterocycles. The van der Waals surface area contributed by atoms with Crippen LogP contribution in [-0.2, 0) is 4.74 Å². The number of amides is 1. The largest absolute Gasteiger partial charge is 0.378 e. The number of hydrogen-bond donors (Lipinski definition) is 1. The number of nitrogens with one attached hydrogen (secondary N) is 1. The zero-order valence-electron chi connectivity index (χ0n) is 11.6. The highest BCUT2D eigenvalue weighted by Crippen LogP contribution is 2.12. The fourth-order valence-electron chi connectivity index (χ4n) is 1.83. The van der Waals surface area contributed by atoms with Gasteiger partial charge in [0.2, 0.25) is 0 Å². The first-order chi connectivity index (χ1) is 8.96. The van der Waals surface area contributed by atoms with Crippen LogP contribution in [0, 0.1) is 0 Å². The summed E-state index contributed by atoms with van der Waals surface area (Å²) in [6, 6.07) is 3.49. The summed E-state index contributed by atoms with van der Waals surface area (Å²) in [6.07, 6.45) is 0. The minimum absolute atomic E-state index is 0.0790. The van der Waals surface area contributed by atoms with Crippen molar-refractivity contribution in [2.75, 3.05) is 31.6 Å². The minimum Gasteiger partial charge on any atom is -0.378 e. The van der Waals surface area contributed by atoms with Gasteiger partial charge in [0, 0.05) is 18.6 Å². The zero-order chi connectivity index (χ0) is 13.9. The van der Waals surface area contributed by atoms with Gasteiger partial charge in [-0.3, -0.25) is 4.79 Å². The maximum absolute atomic E-state index is 12.1. The van der Waals surface area contributed by atoms with Gasteiger partial charge in [0.25, 0.3) is 5.91 Å². The lowest BCUT2D eigenvalue weighted by Gasteiger charge is -2.26. The molecule has 1 amide bonds. The third kappa shape index (κ3) is 3.89. The maximum atomic E-state index is 12.1. The molecule has 0 unspecified atom stereocenters. The summed E-state index contributed by atoms with van der Waals surface area (Å²) in [4.78, 5) is 13.9. The van der Waals surface area contributed by atoms with E-state index in [1.165, 1.54) is 0 Å². The Hall–Kier alpha value is -1.69. The predicted molar refractivity (Wildman–Crippen MR) is 72.1 cm³/mol. The van der Waals surface area contributed by atoms with E-state index >= 15 is 0 Å². The Labute approximate surface area is 113 Å². The molecule has 2 heterocycles. The Morgan fingerprint density at radius 3 is 2.47 bits per heavy atom. The Morgan fingerprint density at radius 1 is 1.26 bits per heavy atom. The van der Waals surface area contributed by atoms with E-state index in [1.54, 1.807) is 17.0 Å². The first-order valence-electron chi connectivity index (χ1n) is 6.45. The van der Waals surface area contributed by atoms with E-state index in [4.69, 9.17) is 4.74 Å². The van der Waals surface area contributed by atoms with Gasteiger partial charge in [0.15, 0.2) is 5.69 Å².